The van der Waals surface area contributed by atoms with Crippen molar-refractivity contribution in [1.29, 1.82) is 0 Å². The fourth-order valence-electron chi connectivity index (χ4n) is 6.21. The summed E-state index contributed by atoms with van der Waals surface area (Å²) < 4.78 is 2.09. The predicted molar refractivity (Wildman–Crippen MR) is 158 cm³/mol. The molecule has 1 aliphatic carbocycles. The quantitative estimate of drug-likeness (QED) is 0.245. The summed E-state index contributed by atoms with van der Waals surface area (Å²) in [4.78, 5) is 24.2. The predicted octanol–water partition coefficient (Wildman–Crippen LogP) is 7.40. The van der Waals surface area contributed by atoms with Crippen LogP contribution >= 0.6 is 0 Å². The Kier molecular flexibility index (Phi) is 4.76. The van der Waals surface area contributed by atoms with Crippen LogP contribution in [0.15, 0.2) is 110 Å². The minimum absolute atomic E-state index is 0.195. The Morgan fingerprint density at radius 1 is 0.625 bits per heavy atom. The minimum atomic E-state index is -0.195. The fraction of sp³-hybridized carbons (Fsp3) is 0.0882. The van der Waals surface area contributed by atoms with E-state index in [0.29, 0.717) is 17.6 Å². The molecule has 0 amide bonds. The van der Waals surface area contributed by atoms with Crippen LogP contribution in [0.5, 0.6) is 0 Å². The average molecular weight is 517 g/mol. The zero-order chi connectivity index (χ0) is 26.8. The number of hydrogen-bond acceptors (Lipinski definition) is 5. The van der Waals surface area contributed by atoms with Crippen molar-refractivity contribution in [3.63, 3.8) is 0 Å². The third-order valence-corrected chi connectivity index (χ3v) is 8.00. The molecule has 0 saturated carbocycles. The molecule has 0 N–H and O–H groups in total. The lowest BCUT2D eigenvalue weighted by molar-refractivity contribution is 0.666. The number of hydrogen-bond donors (Lipinski definition) is 0. The van der Waals surface area contributed by atoms with Gasteiger partial charge in [0.05, 0.1) is 17.2 Å². The van der Waals surface area contributed by atoms with Crippen LogP contribution < -0.4 is 0 Å². The van der Waals surface area contributed by atoms with Crippen LogP contribution in [0.3, 0.4) is 0 Å². The van der Waals surface area contributed by atoms with Gasteiger partial charge in [-0.2, -0.15) is 9.97 Å². The second-order valence-corrected chi connectivity index (χ2v) is 10.7. The van der Waals surface area contributed by atoms with Crippen molar-refractivity contribution in [2.75, 3.05) is 0 Å². The largest absolute Gasteiger partial charge is 0.275 e. The van der Waals surface area contributed by atoms with Crippen molar-refractivity contribution in [1.82, 2.24) is 29.5 Å². The first-order valence-electron chi connectivity index (χ1n) is 13.4. The van der Waals surface area contributed by atoms with Crippen molar-refractivity contribution < 1.29 is 0 Å². The van der Waals surface area contributed by atoms with E-state index < -0.39 is 0 Å². The molecule has 6 heteroatoms. The molecule has 0 bridgehead atoms. The third kappa shape index (κ3) is 3.19. The molecule has 3 heterocycles. The highest BCUT2D eigenvalue weighted by Gasteiger charge is 2.38. The van der Waals surface area contributed by atoms with E-state index in [1.54, 1.807) is 6.33 Å². The first kappa shape index (κ1) is 22.7. The van der Waals surface area contributed by atoms with E-state index in [1.165, 1.54) is 22.3 Å². The fourth-order valence-corrected chi connectivity index (χ4v) is 6.21. The second kappa shape index (κ2) is 8.38. The van der Waals surface area contributed by atoms with Crippen LogP contribution in [-0.2, 0) is 5.41 Å². The second-order valence-electron chi connectivity index (χ2n) is 10.7. The molecule has 0 fully saturated rings. The van der Waals surface area contributed by atoms with Gasteiger partial charge in [-0.05, 0) is 28.3 Å². The molecule has 190 valence electrons. The van der Waals surface area contributed by atoms with E-state index in [2.05, 4.69) is 59.8 Å². The molecule has 0 unspecified atom stereocenters. The minimum Gasteiger partial charge on any atom is -0.275 e. The van der Waals surface area contributed by atoms with Gasteiger partial charge in [-0.1, -0.05) is 105 Å². The van der Waals surface area contributed by atoms with Gasteiger partial charge < -0.3 is 0 Å². The van der Waals surface area contributed by atoms with Gasteiger partial charge in [0, 0.05) is 21.9 Å². The van der Waals surface area contributed by atoms with Gasteiger partial charge >= 0.3 is 0 Å². The van der Waals surface area contributed by atoms with Crippen LogP contribution in [-0.4, -0.2) is 29.5 Å². The zero-order valence-electron chi connectivity index (χ0n) is 22.1. The first-order valence-corrected chi connectivity index (χ1v) is 13.4. The average Bonchev–Trinajstić information content (AvgIpc) is 3.47. The van der Waals surface area contributed by atoms with Gasteiger partial charge in [0.2, 0.25) is 5.95 Å². The number of rotatable bonds is 3. The third-order valence-electron chi connectivity index (χ3n) is 8.00. The van der Waals surface area contributed by atoms with Crippen molar-refractivity contribution in [3.05, 3.63) is 121 Å². The normalized spacial score (nSPS) is 13.4. The van der Waals surface area contributed by atoms with Gasteiger partial charge in [0.25, 0.3) is 0 Å². The summed E-state index contributed by atoms with van der Waals surface area (Å²) in [5, 5.41) is 1.11. The van der Waals surface area contributed by atoms with Crippen LogP contribution in [0.2, 0.25) is 0 Å². The number of nitrogens with zero attached hydrogens (tertiary/aromatic N) is 6. The summed E-state index contributed by atoms with van der Waals surface area (Å²) in [6.07, 6.45) is 3.48. The van der Waals surface area contributed by atoms with Gasteiger partial charge in [-0.15, -0.1) is 0 Å². The lowest BCUT2D eigenvalue weighted by atomic mass is 9.81. The molecule has 8 rings (SSSR count). The van der Waals surface area contributed by atoms with E-state index >= 15 is 0 Å². The Bertz CT molecular complexity index is 2020. The Balaban J connectivity index is 1.47. The molecule has 0 atom stereocenters. The number of benzene rings is 4. The summed E-state index contributed by atoms with van der Waals surface area (Å²) in [6.45, 7) is 4.59. The maximum atomic E-state index is 5.03. The SMILES string of the molecule is CC1(C)c2ccccc2-c2ccc3c(c21)c1ncncc1n3-c1nc(-c2ccccc2)nc(-c2ccccc2)n1. The monoisotopic (exact) mass is 516 g/mol. The maximum Gasteiger partial charge on any atom is 0.238 e. The molecule has 7 aromatic rings. The molecule has 4 aromatic carbocycles. The standard InChI is InChI=1S/C34H24N6/c1-34(2)25-16-10-9-15-23(25)24-17-18-26-28(29(24)34)30-27(19-35-20-36-30)40(26)33-38-31(21-11-5-3-6-12-21)37-32(39-33)22-13-7-4-8-14-22/h3-20H,1-2H3. The summed E-state index contributed by atoms with van der Waals surface area (Å²) in [6, 6.07) is 33.2. The smallest absolute Gasteiger partial charge is 0.238 e. The van der Waals surface area contributed by atoms with Gasteiger partial charge in [-0.3, -0.25) is 4.57 Å². The molecule has 1 aliphatic rings. The van der Waals surface area contributed by atoms with Crippen molar-refractivity contribution in [2.45, 2.75) is 19.3 Å². The zero-order valence-corrected chi connectivity index (χ0v) is 22.1. The summed E-state index contributed by atoms with van der Waals surface area (Å²) in [5.74, 6) is 1.77. The Hall–Kier alpha value is -5.23. The molecule has 0 saturated heterocycles. The van der Waals surface area contributed by atoms with Crippen LogP contribution in [0.1, 0.15) is 25.0 Å². The highest BCUT2D eigenvalue weighted by molar-refractivity contribution is 6.12. The Morgan fingerprint density at radius 2 is 1.27 bits per heavy atom. The first-order chi connectivity index (χ1) is 19.6. The summed E-state index contributed by atoms with van der Waals surface area (Å²) in [5.41, 5.74) is 9.54. The van der Waals surface area contributed by atoms with Crippen molar-refractivity contribution in [3.8, 4) is 39.9 Å². The van der Waals surface area contributed by atoms with Crippen molar-refractivity contribution in [2.24, 2.45) is 0 Å². The van der Waals surface area contributed by atoms with Gasteiger partial charge in [-0.25, -0.2) is 15.0 Å². The van der Waals surface area contributed by atoms with Gasteiger partial charge in [0.15, 0.2) is 11.6 Å². The van der Waals surface area contributed by atoms with Crippen LogP contribution in [0, 0.1) is 0 Å². The van der Waals surface area contributed by atoms with E-state index in [4.69, 9.17) is 19.9 Å². The molecule has 0 aliphatic heterocycles. The van der Waals surface area contributed by atoms with E-state index in [1.807, 2.05) is 66.9 Å². The molecular formula is C34H24N6. The van der Waals surface area contributed by atoms with Gasteiger partial charge in [0.1, 0.15) is 11.8 Å². The van der Waals surface area contributed by atoms with Crippen LogP contribution in [0.25, 0.3) is 61.8 Å². The van der Waals surface area contributed by atoms with E-state index in [0.717, 1.165) is 33.1 Å². The van der Waals surface area contributed by atoms with E-state index in [-0.39, 0.29) is 5.41 Å². The van der Waals surface area contributed by atoms with Crippen LogP contribution in [0.4, 0.5) is 0 Å². The lowest BCUT2D eigenvalue weighted by Gasteiger charge is -2.22. The highest BCUT2D eigenvalue weighted by Crippen LogP contribution is 2.52. The molecular weight excluding hydrogens is 492 g/mol. The summed E-state index contributed by atoms with van der Waals surface area (Å²) in [7, 11) is 0. The van der Waals surface area contributed by atoms with E-state index in [9.17, 15) is 0 Å². The summed E-state index contributed by atoms with van der Waals surface area (Å²) >= 11 is 0. The molecule has 0 radical (unpaired) electrons. The lowest BCUT2D eigenvalue weighted by Crippen LogP contribution is -2.15. The molecule has 40 heavy (non-hydrogen) atoms. The Morgan fingerprint density at radius 3 is 1.98 bits per heavy atom. The number of fused-ring (bicyclic) bond motifs is 7. The molecule has 3 aromatic heterocycles. The van der Waals surface area contributed by atoms with Crippen molar-refractivity contribution >= 4 is 21.9 Å². The molecule has 6 nitrogen and oxygen atoms in total. The maximum absolute atomic E-state index is 5.03. The topological polar surface area (TPSA) is 69.4 Å². The number of aromatic nitrogens is 6. The Labute approximate surface area is 231 Å². The molecule has 0 spiro atoms. The highest BCUT2D eigenvalue weighted by atomic mass is 15.2.